The van der Waals surface area contributed by atoms with Gasteiger partial charge in [0, 0.05) is 27.2 Å². The van der Waals surface area contributed by atoms with Crippen molar-refractivity contribution in [3.05, 3.63) is 12.2 Å². The lowest BCUT2D eigenvalue weighted by Gasteiger charge is -2.41. The van der Waals surface area contributed by atoms with Crippen molar-refractivity contribution < 1.29 is 33.3 Å². The van der Waals surface area contributed by atoms with Crippen molar-refractivity contribution >= 4 is 17.9 Å². The standard InChI is InChI=1S/C12H14O7/c1-7(13)16-8-5-4-6-12(17-8)9(14)18-11(2,3)19-10(12)15/h4-5,8H,6H2,1-3H3/t8-/m0/s1. The molecule has 7 heteroatoms. The van der Waals surface area contributed by atoms with Gasteiger partial charge in [-0.05, 0) is 6.08 Å². The zero-order valence-corrected chi connectivity index (χ0v) is 10.8. The Morgan fingerprint density at radius 3 is 2.42 bits per heavy atom. The van der Waals surface area contributed by atoms with Crippen LogP contribution in [0, 0.1) is 0 Å². The van der Waals surface area contributed by atoms with Gasteiger partial charge in [0.1, 0.15) is 0 Å². The Morgan fingerprint density at radius 2 is 1.89 bits per heavy atom. The van der Waals surface area contributed by atoms with Crippen molar-refractivity contribution in [2.75, 3.05) is 0 Å². The van der Waals surface area contributed by atoms with E-state index in [2.05, 4.69) is 0 Å². The third-order valence-corrected chi connectivity index (χ3v) is 2.63. The number of rotatable bonds is 1. The second kappa shape index (κ2) is 4.34. The Hall–Kier alpha value is -1.89. The molecule has 1 saturated heterocycles. The molecule has 1 atom stereocenters. The van der Waals surface area contributed by atoms with Gasteiger partial charge in [0.15, 0.2) is 0 Å². The smallest absolute Gasteiger partial charge is 0.354 e. The van der Waals surface area contributed by atoms with Gasteiger partial charge in [-0.2, -0.15) is 0 Å². The first kappa shape index (κ1) is 13.5. The fourth-order valence-corrected chi connectivity index (χ4v) is 1.84. The first-order chi connectivity index (χ1) is 8.75. The molecule has 0 bridgehead atoms. The molecule has 2 rings (SSSR count). The maximum absolute atomic E-state index is 12.0. The molecule has 0 amide bonds. The minimum atomic E-state index is -1.90. The summed E-state index contributed by atoms with van der Waals surface area (Å²) in [6.07, 6.45) is 1.80. The summed E-state index contributed by atoms with van der Waals surface area (Å²) >= 11 is 0. The van der Waals surface area contributed by atoms with Crippen LogP contribution in [0.2, 0.25) is 0 Å². The predicted octanol–water partition coefficient (Wildman–Crippen LogP) is 0.427. The molecule has 104 valence electrons. The Kier molecular flexibility index (Phi) is 3.09. The highest BCUT2D eigenvalue weighted by atomic mass is 16.8. The third kappa shape index (κ3) is 2.46. The molecule has 0 aromatic heterocycles. The average Bonchev–Trinajstić information content (AvgIpc) is 2.25. The molecular formula is C12H14O7. The van der Waals surface area contributed by atoms with Gasteiger partial charge in [-0.25, -0.2) is 9.59 Å². The Labute approximate surface area is 109 Å². The molecule has 7 nitrogen and oxygen atoms in total. The molecule has 2 heterocycles. The molecule has 0 radical (unpaired) electrons. The number of esters is 3. The van der Waals surface area contributed by atoms with Gasteiger partial charge < -0.3 is 18.9 Å². The summed E-state index contributed by atoms with van der Waals surface area (Å²) in [5.74, 6) is -3.63. The van der Waals surface area contributed by atoms with Crippen LogP contribution in [0.4, 0.5) is 0 Å². The van der Waals surface area contributed by atoms with Crippen LogP contribution in [0.15, 0.2) is 12.2 Å². The SMILES string of the molecule is CC(=O)O[C@@H]1C=CCC2(O1)C(=O)OC(C)(C)OC2=O. The highest BCUT2D eigenvalue weighted by Gasteiger charge is 2.59. The van der Waals surface area contributed by atoms with E-state index in [9.17, 15) is 14.4 Å². The lowest BCUT2D eigenvalue weighted by atomic mass is 9.96. The van der Waals surface area contributed by atoms with Crippen molar-refractivity contribution in [2.45, 2.75) is 44.9 Å². The van der Waals surface area contributed by atoms with Crippen molar-refractivity contribution in [1.82, 2.24) is 0 Å². The lowest BCUT2D eigenvalue weighted by molar-refractivity contribution is -0.280. The van der Waals surface area contributed by atoms with E-state index in [1.165, 1.54) is 32.9 Å². The van der Waals surface area contributed by atoms with E-state index < -0.39 is 35.6 Å². The predicted molar refractivity (Wildman–Crippen MR) is 59.4 cm³/mol. The highest BCUT2D eigenvalue weighted by molar-refractivity contribution is 6.05. The van der Waals surface area contributed by atoms with Gasteiger partial charge in [-0.1, -0.05) is 6.08 Å². The summed E-state index contributed by atoms with van der Waals surface area (Å²) in [6.45, 7) is 4.08. The number of carbonyl (C=O) groups excluding carboxylic acids is 3. The molecule has 0 N–H and O–H groups in total. The van der Waals surface area contributed by atoms with E-state index >= 15 is 0 Å². The first-order valence-electron chi connectivity index (χ1n) is 5.74. The number of cyclic esters (lactones) is 2. The minimum absolute atomic E-state index is 0.0293. The zero-order valence-electron chi connectivity index (χ0n) is 10.8. The van der Waals surface area contributed by atoms with Gasteiger partial charge in [0.05, 0.1) is 0 Å². The molecule has 0 unspecified atom stereocenters. The van der Waals surface area contributed by atoms with Crippen LogP contribution in [-0.4, -0.2) is 35.6 Å². The minimum Gasteiger partial charge on any atom is -0.432 e. The van der Waals surface area contributed by atoms with Crippen molar-refractivity contribution in [2.24, 2.45) is 0 Å². The fraction of sp³-hybridized carbons (Fsp3) is 0.583. The number of carbonyl (C=O) groups is 3. The van der Waals surface area contributed by atoms with Crippen molar-refractivity contribution in [3.63, 3.8) is 0 Å². The van der Waals surface area contributed by atoms with Crippen molar-refractivity contribution in [3.8, 4) is 0 Å². The van der Waals surface area contributed by atoms with E-state index in [0.717, 1.165) is 0 Å². The molecule has 1 spiro atoms. The van der Waals surface area contributed by atoms with Gasteiger partial charge >= 0.3 is 17.9 Å². The summed E-state index contributed by atoms with van der Waals surface area (Å²) in [7, 11) is 0. The van der Waals surface area contributed by atoms with Crippen LogP contribution in [-0.2, 0) is 33.3 Å². The summed E-state index contributed by atoms with van der Waals surface area (Å²) in [5, 5.41) is 0. The van der Waals surface area contributed by atoms with Gasteiger partial charge in [0.25, 0.3) is 11.4 Å². The topological polar surface area (TPSA) is 88.1 Å². The van der Waals surface area contributed by atoms with Crippen LogP contribution < -0.4 is 0 Å². The molecule has 0 saturated carbocycles. The lowest BCUT2D eigenvalue weighted by Crippen LogP contribution is -2.61. The van der Waals surface area contributed by atoms with Crippen LogP contribution in [0.25, 0.3) is 0 Å². The van der Waals surface area contributed by atoms with E-state index in [1.807, 2.05) is 0 Å². The Morgan fingerprint density at radius 1 is 1.32 bits per heavy atom. The molecule has 0 aromatic rings. The second-order valence-electron chi connectivity index (χ2n) is 4.73. The quantitative estimate of drug-likeness (QED) is 0.387. The monoisotopic (exact) mass is 270 g/mol. The zero-order chi connectivity index (χ0) is 14.3. The van der Waals surface area contributed by atoms with Crippen molar-refractivity contribution in [1.29, 1.82) is 0 Å². The molecule has 2 aliphatic heterocycles. The molecular weight excluding hydrogens is 256 g/mol. The van der Waals surface area contributed by atoms with E-state index in [0.29, 0.717) is 0 Å². The summed E-state index contributed by atoms with van der Waals surface area (Å²) < 4.78 is 20.1. The maximum Gasteiger partial charge on any atom is 0.354 e. The Bertz CT molecular complexity index is 443. The van der Waals surface area contributed by atoms with Crippen LogP contribution in [0.1, 0.15) is 27.2 Å². The molecule has 0 aliphatic carbocycles. The molecule has 1 fully saturated rings. The largest absolute Gasteiger partial charge is 0.432 e. The van der Waals surface area contributed by atoms with Gasteiger partial charge in [-0.15, -0.1) is 0 Å². The van der Waals surface area contributed by atoms with E-state index in [-0.39, 0.29) is 6.42 Å². The third-order valence-electron chi connectivity index (χ3n) is 2.63. The van der Waals surface area contributed by atoms with Crippen LogP contribution in [0.3, 0.4) is 0 Å². The molecule has 19 heavy (non-hydrogen) atoms. The molecule has 2 aliphatic rings. The van der Waals surface area contributed by atoms with Crippen LogP contribution in [0.5, 0.6) is 0 Å². The Balaban J connectivity index is 2.23. The average molecular weight is 270 g/mol. The summed E-state index contributed by atoms with van der Waals surface area (Å²) in [5.41, 5.74) is -1.90. The highest BCUT2D eigenvalue weighted by Crippen LogP contribution is 2.35. The number of ether oxygens (including phenoxy) is 4. The van der Waals surface area contributed by atoms with E-state index in [4.69, 9.17) is 18.9 Å². The van der Waals surface area contributed by atoms with E-state index in [1.54, 1.807) is 0 Å². The normalized spacial score (nSPS) is 27.6. The summed E-state index contributed by atoms with van der Waals surface area (Å²) in [4.78, 5) is 34.9. The second-order valence-corrected chi connectivity index (χ2v) is 4.73. The van der Waals surface area contributed by atoms with Gasteiger partial charge in [-0.3, -0.25) is 4.79 Å². The van der Waals surface area contributed by atoms with Crippen LogP contribution >= 0.6 is 0 Å². The number of hydrogen-bond acceptors (Lipinski definition) is 7. The summed E-state index contributed by atoms with van der Waals surface area (Å²) in [6, 6.07) is 0. The maximum atomic E-state index is 12.0. The van der Waals surface area contributed by atoms with Gasteiger partial charge in [0.2, 0.25) is 6.29 Å². The first-order valence-corrected chi connectivity index (χ1v) is 5.74. The fourth-order valence-electron chi connectivity index (χ4n) is 1.84. The molecule has 0 aromatic carbocycles. The number of hydrogen-bond donors (Lipinski definition) is 0.